The number of hydrogen-bond donors (Lipinski definition) is 2. The maximum absolute atomic E-state index is 15.1. The van der Waals surface area contributed by atoms with E-state index in [1.165, 1.54) is 6.07 Å². The van der Waals surface area contributed by atoms with Gasteiger partial charge in [-0.25, -0.2) is 9.37 Å². The lowest BCUT2D eigenvalue weighted by Gasteiger charge is -2.36. The number of benzene rings is 1. The Labute approximate surface area is 192 Å². The minimum absolute atomic E-state index is 0.0179. The number of aromatic nitrogens is 2. The van der Waals surface area contributed by atoms with E-state index in [4.69, 9.17) is 0 Å². The topological polar surface area (TPSA) is 78.3 Å². The van der Waals surface area contributed by atoms with Crippen LogP contribution in [0.5, 0.6) is 0 Å². The second kappa shape index (κ2) is 8.23. The molecule has 1 atom stereocenters. The molecule has 6 nitrogen and oxygen atoms in total. The van der Waals surface area contributed by atoms with Crippen molar-refractivity contribution < 1.29 is 14.3 Å². The molecule has 0 spiro atoms. The van der Waals surface area contributed by atoms with E-state index in [0.717, 1.165) is 17.5 Å². The molecule has 2 aliphatic rings. The van der Waals surface area contributed by atoms with Gasteiger partial charge in [0.2, 0.25) is 0 Å². The van der Waals surface area contributed by atoms with Crippen molar-refractivity contribution in [2.24, 2.45) is 0 Å². The number of halogens is 1. The van der Waals surface area contributed by atoms with Crippen molar-refractivity contribution in [3.63, 3.8) is 0 Å². The molecule has 1 aromatic carbocycles. The van der Waals surface area contributed by atoms with E-state index in [-0.39, 0.29) is 17.8 Å². The Bertz CT molecular complexity index is 1220. The highest BCUT2D eigenvalue weighted by molar-refractivity contribution is 5.99. The zero-order chi connectivity index (χ0) is 23.2. The normalized spacial score (nSPS) is 17.5. The molecular formula is C26H27FN4O2. The maximum atomic E-state index is 15.1. The highest BCUT2D eigenvalue weighted by atomic mass is 19.1. The third-order valence-corrected chi connectivity index (χ3v) is 6.88. The predicted octanol–water partition coefficient (Wildman–Crippen LogP) is 4.80. The van der Waals surface area contributed by atoms with Gasteiger partial charge in [-0.05, 0) is 68.5 Å². The summed E-state index contributed by atoms with van der Waals surface area (Å²) in [6, 6.07) is 10.3. The first-order valence-corrected chi connectivity index (χ1v) is 11.4. The molecule has 5 rings (SSSR count). The first kappa shape index (κ1) is 21.5. The van der Waals surface area contributed by atoms with Crippen LogP contribution in [-0.2, 0) is 12.1 Å². The van der Waals surface area contributed by atoms with Crippen molar-refractivity contribution in [1.29, 1.82) is 0 Å². The molecule has 0 unspecified atom stereocenters. The Morgan fingerprint density at radius 1 is 1.15 bits per heavy atom. The van der Waals surface area contributed by atoms with Crippen molar-refractivity contribution in [3.05, 3.63) is 77.0 Å². The number of aliphatic hydroxyl groups is 1. The second-order valence-corrected chi connectivity index (χ2v) is 8.93. The Kier molecular flexibility index (Phi) is 5.37. The third kappa shape index (κ3) is 3.76. The first-order chi connectivity index (χ1) is 15.9. The summed E-state index contributed by atoms with van der Waals surface area (Å²) in [6.07, 6.45) is 5.60. The number of carbonyl (C=O) groups is 1. The van der Waals surface area contributed by atoms with Crippen LogP contribution >= 0.6 is 0 Å². The standard InChI is InChI=1S/C26H27FN4O2/c1-3-31-15-21-20(25(31)32)8-12-29-24(21)30-16(2)17-5-6-19(22(27)13-17)18-7-11-28-23(14-18)26(33)9-4-10-26/h5-8,11-14,16,33H,3-4,9-10,15H2,1-2H3,(H,29,30)/t16-/m0/s1. The average molecular weight is 447 g/mol. The van der Waals surface area contributed by atoms with E-state index >= 15 is 4.39 Å². The van der Waals surface area contributed by atoms with Gasteiger partial charge in [-0.3, -0.25) is 9.78 Å². The molecule has 0 radical (unpaired) electrons. The number of nitrogens with one attached hydrogen (secondary N) is 1. The summed E-state index contributed by atoms with van der Waals surface area (Å²) in [7, 11) is 0. The minimum atomic E-state index is -0.886. The molecule has 3 aromatic rings. The third-order valence-electron chi connectivity index (χ3n) is 6.88. The molecule has 33 heavy (non-hydrogen) atoms. The van der Waals surface area contributed by atoms with Gasteiger partial charge >= 0.3 is 0 Å². The monoisotopic (exact) mass is 446 g/mol. The van der Waals surface area contributed by atoms with Gasteiger partial charge < -0.3 is 15.3 Å². The zero-order valence-corrected chi connectivity index (χ0v) is 18.8. The predicted molar refractivity (Wildman–Crippen MR) is 124 cm³/mol. The zero-order valence-electron chi connectivity index (χ0n) is 18.8. The molecule has 0 bridgehead atoms. The molecule has 3 heterocycles. The average Bonchev–Trinajstić information content (AvgIpc) is 3.14. The summed E-state index contributed by atoms with van der Waals surface area (Å²) in [5, 5.41) is 14.0. The highest BCUT2D eigenvalue weighted by Gasteiger charge is 2.37. The van der Waals surface area contributed by atoms with E-state index in [0.29, 0.717) is 54.1 Å². The van der Waals surface area contributed by atoms with Crippen LogP contribution in [0.4, 0.5) is 10.2 Å². The minimum Gasteiger partial charge on any atom is -0.384 e. The molecule has 1 aliphatic carbocycles. The van der Waals surface area contributed by atoms with Crippen molar-refractivity contribution in [1.82, 2.24) is 14.9 Å². The summed E-state index contributed by atoms with van der Waals surface area (Å²) in [5.74, 6) is 0.336. The highest BCUT2D eigenvalue weighted by Crippen LogP contribution is 2.41. The molecule has 170 valence electrons. The van der Waals surface area contributed by atoms with Crippen LogP contribution in [0.3, 0.4) is 0 Å². The Morgan fingerprint density at radius 3 is 2.64 bits per heavy atom. The Morgan fingerprint density at radius 2 is 1.94 bits per heavy atom. The molecular weight excluding hydrogens is 419 g/mol. The smallest absolute Gasteiger partial charge is 0.254 e. The number of amides is 1. The number of anilines is 1. The van der Waals surface area contributed by atoms with Gasteiger partial charge in [0, 0.05) is 35.6 Å². The van der Waals surface area contributed by atoms with E-state index in [1.807, 2.05) is 19.9 Å². The number of carbonyl (C=O) groups excluding carboxylic acids is 1. The number of pyridine rings is 2. The van der Waals surface area contributed by atoms with Crippen LogP contribution in [0, 0.1) is 5.82 Å². The molecule has 7 heteroatoms. The van der Waals surface area contributed by atoms with Crippen LogP contribution in [0.25, 0.3) is 11.1 Å². The van der Waals surface area contributed by atoms with Crippen LogP contribution in [0.15, 0.2) is 48.8 Å². The largest absolute Gasteiger partial charge is 0.384 e. The van der Waals surface area contributed by atoms with Crippen molar-refractivity contribution >= 4 is 11.7 Å². The first-order valence-electron chi connectivity index (χ1n) is 11.4. The van der Waals surface area contributed by atoms with Crippen LogP contribution in [-0.4, -0.2) is 32.4 Å². The van der Waals surface area contributed by atoms with Crippen LogP contribution in [0.1, 0.15) is 66.3 Å². The molecule has 2 aromatic heterocycles. The lowest BCUT2D eigenvalue weighted by atomic mass is 9.77. The number of fused-ring (bicyclic) bond motifs is 1. The fraction of sp³-hybridized carbons (Fsp3) is 0.346. The summed E-state index contributed by atoms with van der Waals surface area (Å²) in [5.41, 5.74) is 3.22. The van der Waals surface area contributed by atoms with Gasteiger partial charge in [0.25, 0.3) is 5.91 Å². The molecule has 1 saturated carbocycles. The van der Waals surface area contributed by atoms with Gasteiger partial charge in [-0.2, -0.15) is 0 Å². The van der Waals surface area contributed by atoms with Gasteiger partial charge in [0.05, 0.1) is 18.3 Å². The van der Waals surface area contributed by atoms with Gasteiger partial charge in [-0.15, -0.1) is 0 Å². The van der Waals surface area contributed by atoms with E-state index in [2.05, 4.69) is 15.3 Å². The van der Waals surface area contributed by atoms with Gasteiger partial charge in [0.1, 0.15) is 17.2 Å². The Hall–Kier alpha value is -3.32. The lowest BCUT2D eigenvalue weighted by molar-refractivity contribution is -0.0425. The van der Waals surface area contributed by atoms with Gasteiger partial charge in [-0.1, -0.05) is 12.1 Å². The summed E-state index contributed by atoms with van der Waals surface area (Å²) in [6.45, 7) is 5.07. The van der Waals surface area contributed by atoms with Crippen LogP contribution in [0.2, 0.25) is 0 Å². The number of hydrogen-bond acceptors (Lipinski definition) is 5. The van der Waals surface area contributed by atoms with E-state index in [1.54, 1.807) is 41.6 Å². The van der Waals surface area contributed by atoms with E-state index in [9.17, 15) is 9.90 Å². The summed E-state index contributed by atoms with van der Waals surface area (Å²) in [4.78, 5) is 23.0. The molecule has 0 saturated heterocycles. The summed E-state index contributed by atoms with van der Waals surface area (Å²) >= 11 is 0. The van der Waals surface area contributed by atoms with E-state index < -0.39 is 5.60 Å². The fourth-order valence-corrected chi connectivity index (χ4v) is 4.61. The molecule has 1 aliphatic heterocycles. The van der Waals surface area contributed by atoms with Crippen molar-refractivity contribution in [2.45, 2.75) is 51.3 Å². The summed E-state index contributed by atoms with van der Waals surface area (Å²) < 4.78 is 15.1. The lowest BCUT2D eigenvalue weighted by Crippen LogP contribution is -2.34. The van der Waals surface area contributed by atoms with Crippen LogP contribution < -0.4 is 5.32 Å². The van der Waals surface area contributed by atoms with Crippen molar-refractivity contribution in [2.75, 3.05) is 11.9 Å². The van der Waals surface area contributed by atoms with Crippen molar-refractivity contribution in [3.8, 4) is 11.1 Å². The maximum Gasteiger partial charge on any atom is 0.254 e. The SMILES string of the molecule is CCN1Cc2c(ccnc2N[C@@H](C)c2ccc(-c3ccnc(C4(O)CCC4)c3)c(F)c2)C1=O. The number of rotatable bonds is 6. The molecule has 1 amide bonds. The quantitative estimate of drug-likeness (QED) is 0.569. The Balaban J connectivity index is 1.38. The second-order valence-electron chi connectivity index (χ2n) is 8.93. The fourth-order valence-electron chi connectivity index (χ4n) is 4.61. The number of nitrogens with zero attached hydrogens (tertiary/aromatic N) is 3. The van der Waals surface area contributed by atoms with Gasteiger partial charge in [0.15, 0.2) is 0 Å². The molecule has 2 N–H and O–H groups in total. The molecule has 1 fully saturated rings.